The molecule has 0 bridgehead atoms. The van der Waals surface area contributed by atoms with Crippen LogP contribution in [0.3, 0.4) is 0 Å². The van der Waals surface area contributed by atoms with Crippen LogP contribution >= 0.6 is 11.8 Å². The molecule has 0 aliphatic carbocycles. The standard InChI is InChI=1S/C13H10N2S.C2H4O2/c1-16-12-8-4-7-11-13(12)15-10-6-3-2-5-9(10)14-11;1-2(3)4/h2-8H,1H3;1H3,(H,3,4). The Morgan fingerprint density at radius 2 is 1.55 bits per heavy atom. The van der Waals surface area contributed by atoms with Crippen molar-refractivity contribution >= 4 is 39.8 Å². The van der Waals surface area contributed by atoms with Gasteiger partial charge < -0.3 is 5.11 Å². The normalized spacial score (nSPS) is 10.1. The van der Waals surface area contributed by atoms with E-state index in [1.54, 1.807) is 11.8 Å². The third-order valence-electron chi connectivity index (χ3n) is 2.55. The number of aliphatic carboxylic acids is 1. The summed E-state index contributed by atoms with van der Waals surface area (Å²) in [4.78, 5) is 19.5. The lowest BCUT2D eigenvalue weighted by Crippen LogP contribution is -1.88. The predicted octanol–water partition coefficient (Wildman–Crippen LogP) is 3.60. The molecule has 0 aliphatic rings. The molecule has 0 atom stereocenters. The Balaban J connectivity index is 0.000000328. The maximum absolute atomic E-state index is 9.00. The van der Waals surface area contributed by atoms with E-state index in [9.17, 15) is 0 Å². The molecule has 1 heterocycles. The van der Waals surface area contributed by atoms with Crippen LogP contribution in [-0.2, 0) is 4.79 Å². The highest BCUT2D eigenvalue weighted by Gasteiger charge is 2.04. The van der Waals surface area contributed by atoms with E-state index in [0.717, 1.165) is 29.0 Å². The van der Waals surface area contributed by atoms with Gasteiger partial charge in [0.2, 0.25) is 0 Å². The Morgan fingerprint density at radius 3 is 2.15 bits per heavy atom. The number of benzene rings is 2. The van der Waals surface area contributed by atoms with Crippen LogP contribution in [0, 0.1) is 0 Å². The van der Waals surface area contributed by atoms with Crippen LogP contribution in [-0.4, -0.2) is 27.3 Å². The second-order valence-corrected chi connectivity index (χ2v) is 4.91. The number of thioether (sulfide) groups is 1. The van der Waals surface area contributed by atoms with Crippen molar-refractivity contribution in [3.05, 3.63) is 42.5 Å². The second-order valence-electron chi connectivity index (χ2n) is 4.06. The fourth-order valence-electron chi connectivity index (χ4n) is 1.78. The van der Waals surface area contributed by atoms with Gasteiger partial charge in [-0.1, -0.05) is 18.2 Å². The summed E-state index contributed by atoms with van der Waals surface area (Å²) in [6, 6.07) is 14.1. The number of hydrogen-bond donors (Lipinski definition) is 1. The zero-order valence-electron chi connectivity index (χ0n) is 11.2. The summed E-state index contributed by atoms with van der Waals surface area (Å²) in [6.45, 7) is 1.08. The molecule has 0 fully saturated rings. The molecule has 20 heavy (non-hydrogen) atoms. The van der Waals surface area contributed by atoms with E-state index in [0.29, 0.717) is 0 Å². The first-order valence-electron chi connectivity index (χ1n) is 6.01. The fraction of sp³-hybridized carbons (Fsp3) is 0.133. The number of fused-ring (bicyclic) bond motifs is 2. The number of rotatable bonds is 1. The van der Waals surface area contributed by atoms with Gasteiger partial charge in [0.05, 0.1) is 16.6 Å². The minimum Gasteiger partial charge on any atom is -0.481 e. The van der Waals surface area contributed by atoms with E-state index < -0.39 is 5.97 Å². The lowest BCUT2D eigenvalue weighted by Gasteiger charge is -2.03. The lowest BCUT2D eigenvalue weighted by molar-refractivity contribution is -0.134. The zero-order chi connectivity index (χ0) is 14.5. The molecule has 2 aromatic carbocycles. The predicted molar refractivity (Wildman–Crippen MR) is 82.1 cm³/mol. The summed E-state index contributed by atoms with van der Waals surface area (Å²) in [7, 11) is 0. The number of hydrogen-bond acceptors (Lipinski definition) is 4. The molecular formula is C15H14N2O2S. The number of carboxylic acids is 1. The fourth-order valence-corrected chi connectivity index (χ4v) is 2.34. The number of carboxylic acid groups (broad SMARTS) is 1. The van der Waals surface area contributed by atoms with Crippen LogP contribution < -0.4 is 0 Å². The van der Waals surface area contributed by atoms with Gasteiger partial charge in [0, 0.05) is 11.8 Å². The van der Waals surface area contributed by atoms with Crippen molar-refractivity contribution in [2.75, 3.05) is 6.26 Å². The van der Waals surface area contributed by atoms with Gasteiger partial charge in [-0.3, -0.25) is 4.79 Å². The average molecular weight is 286 g/mol. The molecule has 1 N–H and O–H groups in total. The van der Waals surface area contributed by atoms with Crippen LogP contribution in [0.2, 0.25) is 0 Å². The molecule has 0 saturated carbocycles. The molecule has 0 aliphatic heterocycles. The first-order valence-corrected chi connectivity index (χ1v) is 7.23. The minimum atomic E-state index is -0.833. The number of para-hydroxylation sites is 3. The van der Waals surface area contributed by atoms with E-state index in [-0.39, 0.29) is 0 Å². The Bertz CT molecular complexity index is 755. The highest BCUT2D eigenvalue weighted by atomic mass is 32.2. The number of aromatic nitrogens is 2. The van der Waals surface area contributed by atoms with Crippen LogP contribution in [0.1, 0.15) is 6.92 Å². The van der Waals surface area contributed by atoms with Gasteiger partial charge in [0.1, 0.15) is 5.52 Å². The van der Waals surface area contributed by atoms with Crippen molar-refractivity contribution in [2.24, 2.45) is 0 Å². The van der Waals surface area contributed by atoms with Crippen molar-refractivity contribution in [1.82, 2.24) is 9.97 Å². The smallest absolute Gasteiger partial charge is 0.300 e. The zero-order valence-corrected chi connectivity index (χ0v) is 12.0. The Hall–Kier alpha value is -2.14. The molecule has 3 rings (SSSR count). The third-order valence-corrected chi connectivity index (χ3v) is 3.32. The van der Waals surface area contributed by atoms with E-state index in [4.69, 9.17) is 9.90 Å². The van der Waals surface area contributed by atoms with Gasteiger partial charge in [0.25, 0.3) is 5.97 Å². The summed E-state index contributed by atoms with van der Waals surface area (Å²) in [5.41, 5.74) is 3.86. The van der Waals surface area contributed by atoms with Crippen LogP contribution in [0.25, 0.3) is 22.1 Å². The molecule has 3 aromatic rings. The van der Waals surface area contributed by atoms with E-state index in [2.05, 4.69) is 22.3 Å². The van der Waals surface area contributed by atoms with E-state index in [1.807, 2.05) is 36.4 Å². The quantitative estimate of drug-likeness (QED) is 0.547. The molecule has 4 nitrogen and oxygen atoms in total. The largest absolute Gasteiger partial charge is 0.481 e. The summed E-state index contributed by atoms with van der Waals surface area (Å²) in [5, 5.41) is 7.42. The topological polar surface area (TPSA) is 63.1 Å². The lowest BCUT2D eigenvalue weighted by atomic mass is 10.2. The molecule has 0 saturated heterocycles. The summed E-state index contributed by atoms with van der Waals surface area (Å²) < 4.78 is 0. The summed E-state index contributed by atoms with van der Waals surface area (Å²) in [5.74, 6) is -0.833. The molecule has 102 valence electrons. The molecule has 0 spiro atoms. The van der Waals surface area contributed by atoms with Gasteiger partial charge in [-0.05, 0) is 30.5 Å². The van der Waals surface area contributed by atoms with Crippen molar-refractivity contribution in [3.63, 3.8) is 0 Å². The second kappa shape index (κ2) is 6.34. The van der Waals surface area contributed by atoms with Crippen LogP contribution in [0.15, 0.2) is 47.4 Å². The molecule has 5 heteroatoms. The SMILES string of the molecule is CC(=O)O.CSc1cccc2nc3ccccc3nc12. The van der Waals surface area contributed by atoms with Crippen molar-refractivity contribution < 1.29 is 9.90 Å². The summed E-state index contributed by atoms with van der Waals surface area (Å²) >= 11 is 1.70. The van der Waals surface area contributed by atoms with Gasteiger partial charge in [-0.25, -0.2) is 9.97 Å². The maximum Gasteiger partial charge on any atom is 0.300 e. The van der Waals surface area contributed by atoms with Crippen molar-refractivity contribution in [3.8, 4) is 0 Å². The first-order chi connectivity index (χ1) is 9.61. The molecule has 0 amide bonds. The number of carbonyl (C=O) groups is 1. The third kappa shape index (κ3) is 3.24. The Kier molecular flexibility index (Phi) is 4.53. The van der Waals surface area contributed by atoms with Crippen molar-refractivity contribution in [1.29, 1.82) is 0 Å². The first kappa shape index (κ1) is 14.3. The Labute approximate surface area is 120 Å². The molecule has 0 radical (unpaired) electrons. The molecule has 1 aromatic heterocycles. The monoisotopic (exact) mass is 286 g/mol. The summed E-state index contributed by atoms with van der Waals surface area (Å²) in [6.07, 6.45) is 2.06. The maximum atomic E-state index is 9.00. The average Bonchev–Trinajstić information content (AvgIpc) is 2.43. The number of nitrogens with zero attached hydrogens (tertiary/aromatic N) is 2. The van der Waals surface area contributed by atoms with Gasteiger partial charge in [-0.2, -0.15) is 0 Å². The van der Waals surface area contributed by atoms with Crippen molar-refractivity contribution in [2.45, 2.75) is 11.8 Å². The van der Waals surface area contributed by atoms with E-state index >= 15 is 0 Å². The highest BCUT2D eigenvalue weighted by Crippen LogP contribution is 2.25. The van der Waals surface area contributed by atoms with E-state index in [1.165, 1.54) is 4.90 Å². The Morgan fingerprint density at radius 1 is 1.00 bits per heavy atom. The van der Waals surface area contributed by atoms with Gasteiger partial charge in [-0.15, -0.1) is 11.8 Å². The van der Waals surface area contributed by atoms with Gasteiger partial charge >= 0.3 is 0 Å². The van der Waals surface area contributed by atoms with Gasteiger partial charge in [0.15, 0.2) is 0 Å². The highest BCUT2D eigenvalue weighted by molar-refractivity contribution is 7.98. The van der Waals surface area contributed by atoms with Crippen LogP contribution in [0.5, 0.6) is 0 Å². The molecule has 0 unspecified atom stereocenters. The molecular weight excluding hydrogens is 272 g/mol. The minimum absolute atomic E-state index is 0.833. The van der Waals surface area contributed by atoms with Crippen LogP contribution in [0.4, 0.5) is 0 Å².